The van der Waals surface area contributed by atoms with Crippen LogP contribution in [0.2, 0.25) is 0 Å². The van der Waals surface area contributed by atoms with E-state index in [0.717, 1.165) is 5.70 Å². The van der Waals surface area contributed by atoms with Crippen LogP contribution in [0.4, 0.5) is 4.79 Å². The first-order valence-corrected chi connectivity index (χ1v) is 4.65. The molecule has 2 unspecified atom stereocenters. The van der Waals surface area contributed by atoms with Crippen LogP contribution in [-0.4, -0.2) is 36.0 Å². The molecular formula is C8H13N5O2. The summed E-state index contributed by atoms with van der Waals surface area (Å²) in [5, 5.41) is 0. The molecule has 2 atom stereocenters. The number of hydrogen-bond acceptors (Lipinski definition) is 4. The van der Waals surface area contributed by atoms with Crippen molar-refractivity contribution in [2.24, 2.45) is 17.4 Å². The highest BCUT2D eigenvalue weighted by atomic mass is 16.2. The SMILES string of the molecule is NC(=O)C1NNC2=CCN(C(N)=O)CC21. The van der Waals surface area contributed by atoms with Gasteiger partial charge in [-0.3, -0.25) is 4.79 Å². The maximum Gasteiger partial charge on any atom is 0.315 e. The molecule has 0 aromatic rings. The number of nitrogens with two attached hydrogens (primary N) is 2. The fraction of sp³-hybridized carbons (Fsp3) is 0.500. The molecule has 0 radical (unpaired) electrons. The van der Waals surface area contributed by atoms with E-state index in [1.165, 1.54) is 4.90 Å². The largest absolute Gasteiger partial charge is 0.368 e. The van der Waals surface area contributed by atoms with Crippen LogP contribution in [0.15, 0.2) is 11.8 Å². The number of rotatable bonds is 1. The second-order valence-electron chi connectivity index (χ2n) is 3.66. The van der Waals surface area contributed by atoms with Gasteiger partial charge >= 0.3 is 6.03 Å². The van der Waals surface area contributed by atoms with Crippen molar-refractivity contribution in [1.82, 2.24) is 15.8 Å². The standard InChI is InChI=1S/C8H13N5O2/c9-7(14)6-4-3-13(8(10)15)2-1-5(4)11-12-6/h1,4,6,11-12H,2-3H2,(H2,9,14)(H2,10,15). The van der Waals surface area contributed by atoms with E-state index in [-0.39, 0.29) is 5.92 Å². The maximum atomic E-state index is 11.1. The van der Waals surface area contributed by atoms with Gasteiger partial charge in [-0.05, 0) is 6.08 Å². The van der Waals surface area contributed by atoms with Crippen LogP contribution in [0.5, 0.6) is 0 Å². The normalized spacial score (nSPS) is 29.1. The molecule has 0 bridgehead atoms. The molecule has 7 nitrogen and oxygen atoms in total. The van der Waals surface area contributed by atoms with E-state index in [0.29, 0.717) is 13.1 Å². The zero-order valence-corrected chi connectivity index (χ0v) is 8.06. The van der Waals surface area contributed by atoms with E-state index in [2.05, 4.69) is 10.9 Å². The first-order valence-electron chi connectivity index (χ1n) is 4.65. The van der Waals surface area contributed by atoms with Gasteiger partial charge in [0.1, 0.15) is 6.04 Å². The molecule has 1 fully saturated rings. The third-order valence-corrected chi connectivity index (χ3v) is 2.74. The Hall–Kier alpha value is -1.76. The fourth-order valence-electron chi connectivity index (χ4n) is 1.91. The van der Waals surface area contributed by atoms with E-state index in [1.807, 2.05) is 6.08 Å². The summed E-state index contributed by atoms with van der Waals surface area (Å²) in [4.78, 5) is 23.5. The van der Waals surface area contributed by atoms with Gasteiger partial charge in [0.25, 0.3) is 0 Å². The Kier molecular flexibility index (Phi) is 2.24. The van der Waals surface area contributed by atoms with E-state index < -0.39 is 18.0 Å². The quantitative estimate of drug-likeness (QED) is 0.395. The van der Waals surface area contributed by atoms with Gasteiger partial charge < -0.3 is 21.8 Å². The summed E-state index contributed by atoms with van der Waals surface area (Å²) >= 11 is 0. The first-order chi connectivity index (χ1) is 7.09. The van der Waals surface area contributed by atoms with Crippen molar-refractivity contribution in [3.8, 4) is 0 Å². The van der Waals surface area contributed by atoms with Gasteiger partial charge in [0.05, 0.1) is 0 Å². The summed E-state index contributed by atoms with van der Waals surface area (Å²) < 4.78 is 0. The molecule has 0 spiro atoms. The summed E-state index contributed by atoms with van der Waals surface area (Å²) in [5.41, 5.74) is 17.0. The first kappa shape index (κ1) is 9.78. The molecule has 2 rings (SSSR count). The average Bonchev–Trinajstić information content (AvgIpc) is 2.59. The number of primary amides is 2. The fourth-order valence-corrected chi connectivity index (χ4v) is 1.91. The van der Waals surface area contributed by atoms with Gasteiger partial charge in [0, 0.05) is 24.7 Å². The molecular weight excluding hydrogens is 198 g/mol. The number of nitrogens with zero attached hydrogens (tertiary/aromatic N) is 1. The molecule has 1 saturated heterocycles. The molecule has 15 heavy (non-hydrogen) atoms. The number of amides is 3. The minimum atomic E-state index is -0.488. The highest BCUT2D eigenvalue weighted by Crippen LogP contribution is 2.23. The molecule has 0 aromatic heterocycles. The second kappa shape index (κ2) is 3.43. The Morgan fingerprint density at radius 2 is 2.20 bits per heavy atom. The number of carbonyl (C=O) groups excluding carboxylic acids is 2. The number of nitrogens with one attached hydrogen (secondary N) is 2. The number of carbonyl (C=O) groups is 2. The molecule has 82 valence electrons. The lowest BCUT2D eigenvalue weighted by Gasteiger charge is -2.28. The predicted molar refractivity (Wildman–Crippen MR) is 52.0 cm³/mol. The van der Waals surface area contributed by atoms with Crippen molar-refractivity contribution in [2.75, 3.05) is 13.1 Å². The van der Waals surface area contributed by atoms with Crippen LogP contribution >= 0.6 is 0 Å². The predicted octanol–water partition coefficient (Wildman–Crippen LogP) is -2.16. The number of hydrogen-bond donors (Lipinski definition) is 4. The summed E-state index contributed by atoms with van der Waals surface area (Å²) in [5.74, 6) is -0.564. The Balaban J connectivity index is 2.16. The highest BCUT2D eigenvalue weighted by molar-refractivity contribution is 5.81. The third kappa shape index (κ3) is 1.61. The molecule has 0 aromatic carbocycles. The van der Waals surface area contributed by atoms with Crippen molar-refractivity contribution < 1.29 is 9.59 Å². The zero-order valence-electron chi connectivity index (χ0n) is 8.06. The van der Waals surface area contributed by atoms with Crippen molar-refractivity contribution in [1.29, 1.82) is 0 Å². The lowest BCUT2D eigenvalue weighted by atomic mass is 9.95. The number of urea groups is 1. The third-order valence-electron chi connectivity index (χ3n) is 2.74. The highest BCUT2D eigenvalue weighted by Gasteiger charge is 2.38. The van der Waals surface area contributed by atoms with Crippen LogP contribution in [0, 0.1) is 5.92 Å². The van der Waals surface area contributed by atoms with Crippen molar-refractivity contribution >= 4 is 11.9 Å². The van der Waals surface area contributed by atoms with Crippen LogP contribution in [-0.2, 0) is 4.79 Å². The van der Waals surface area contributed by atoms with Crippen molar-refractivity contribution in [3.63, 3.8) is 0 Å². The van der Waals surface area contributed by atoms with Crippen LogP contribution in [0.3, 0.4) is 0 Å². The van der Waals surface area contributed by atoms with E-state index in [9.17, 15) is 9.59 Å². The molecule has 0 saturated carbocycles. The Labute approximate surface area is 86.4 Å². The van der Waals surface area contributed by atoms with Gasteiger partial charge in [-0.25, -0.2) is 10.2 Å². The van der Waals surface area contributed by atoms with Gasteiger partial charge in [-0.2, -0.15) is 0 Å². The Bertz CT molecular complexity index is 340. The van der Waals surface area contributed by atoms with Crippen LogP contribution < -0.4 is 22.3 Å². The summed E-state index contributed by atoms with van der Waals surface area (Å²) in [6.07, 6.45) is 1.83. The van der Waals surface area contributed by atoms with E-state index >= 15 is 0 Å². The topological polar surface area (TPSA) is 113 Å². The minimum Gasteiger partial charge on any atom is -0.368 e. The van der Waals surface area contributed by atoms with Gasteiger partial charge in [-0.1, -0.05) is 0 Å². The van der Waals surface area contributed by atoms with Gasteiger partial charge in [0.2, 0.25) is 5.91 Å². The lowest BCUT2D eigenvalue weighted by Crippen LogP contribution is -2.48. The van der Waals surface area contributed by atoms with Crippen molar-refractivity contribution in [2.45, 2.75) is 6.04 Å². The summed E-state index contributed by atoms with van der Waals surface area (Å²) in [6.45, 7) is 0.871. The Morgan fingerprint density at radius 1 is 1.47 bits per heavy atom. The summed E-state index contributed by atoms with van der Waals surface area (Å²) in [6, 6.07) is -0.973. The van der Waals surface area contributed by atoms with E-state index in [4.69, 9.17) is 11.5 Å². The van der Waals surface area contributed by atoms with Crippen LogP contribution in [0.25, 0.3) is 0 Å². The number of hydrazine groups is 1. The average molecular weight is 211 g/mol. The smallest absolute Gasteiger partial charge is 0.315 e. The molecule has 2 aliphatic rings. The minimum absolute atomic E-state index is 0.122. The molecule has 3 amide bonds. The van der Waals surface area contributed by atoms with Gasteiger partial charge in [0.15, 0.2) is 0 Å². The van der Waals surface area contributed by atoms with Crippen molar-refractivity contribution in [3.05, 3.63) is 11.8 Å². The Morgan fingerprint density at radius 3 is 2.80 bits per heavy atom. The molecule has 2 aliphatic heterocycles. The molecule has 7 heteroatoms. The maximum absolute atomic E-state index is 11.1. The molecule has 6 N–H and O–H groups in total. The molecule has 2 heterocycles. The lowest BCUT2D eigenvalue weighted by molar-refractivity contribution is -0.120. The van der Waals surface area contributed by atoms with Crippen LogP contribution in [0.1, 0.15) is 0 Å². The number of fused-ring (bicyclic) bond motifs is 1. The zero-order chi connectivity index (χ0) is 11.0. The summed E-state index contributed by atoms with van der Waals surface area (Å²) in [7, 11) is 0. The van der Waals surface area contributed by atoms with E-state index in [1.54, 1.807) is 0 Å². The molecule has 0 aliphatic carbocycles. The second-order valence-corrected chi connectivity index (χ2v) is 3.66. The monoisotopic (exact) mass is 211 g/mol. The van der Waals surface area contributed by atoms with Gasteiger partial charge in [-0.15, -0.1) is 0 Å².